The zero-order valence-corrected chi connectivity index (χ0v) is 16.2. The number of nitrogens with one attached hydrogen (secondary N) is 1. The lowest BCUT2D eigenvalue weighted by Gasteiger charge is -2.06. The van der Waals surface area contributed by atoms with Crippen LogP contribution in [-0.4, -0.2) is 26.5 Å². The van der Waals surface area contributed by atoms with E-state index in [1.165, 1.54) is 4.57 Å². The molecule has 5 rings (SSSR count). The maximum atomic E-state index is 12.8. The number of rotatable bonds is 5. The van der Waals surface area contributed by atoms with E-state index in [9.17, 15) is 9.59 Å². The van der Waals surface area contributed by atoms with Crippen molar-refractivity contribution in [1.29, 1.82) is 0 Å². The van der Waals surface area contributed by atoms with Crippen LogP contribution in [0, 0.1) is 6.92 Å². The fourth-order valence-corrected chi connectivity index (χ4v) is 3.49. The highest BCUT2D eigenvalue weighted by Gasteiger charge is 2.17. The molecule has 3 heterocycles. The Bertz CT molecular complexity index is 1370. The molecule has 0 atom stereocenters. The van der Waals surface area contributed by atoms with Crippen molar-refractivity contribution in [2.24, 2.45) is 0 Å². The van der Waals surface area contributed by atoms with Crippen molar-refractivity contribution in [1.82, 2.24) is 19.7 Å². The third-order valence-corrected chi connectivity index (χ3v) is 4.99. The SMILES string of the molecule is Cc1cccc(-c2noc(CCCn3c(=O)[nH]c4cc5c(cc4c3=O)OCO5)n2)c1. The Labute approximate surface area is 169 Å². The van der Waals surface area contributed by atoms with Gasteiger partial charge < -0.3 is 19.0 Å². The van der Waals surface area contributed by atoms with Crippen molar-refractivity contribution in [2.45, 2.75) is 26.3 Å². The average molecular weight is 406 g/mol. The van der Waals surface area contributed by atoms with Crippen molar-refractivity contribution >= 4 is 10.9 Å². The Hall–Kier alpha value is -3.88. The topological polar surface area (TPSA) is 112 Å². The number of fused-ring (bicyclic) bond motifs is 2. The molecule has 0 spiro atoms. The summed E-state index contributed by atoms with van der Waals surface area (Å²) in [4.78, 5) is 32.3. The highest BCUT2D eigenvalue weighted by atomic mass is 16.7. The second-order valence-corrected chi connectivity index (χ2v) is 7.12. The summed E-state index contributed by atoms with van der Waals surface area (Å²) >= 11 is 0. The summed E-state index contributed by atoms with van der Waals surface area (Å²) < 4.78 is 17.1. The molecule has 1 N–H and O–H groups in total. The van der Waals surface area contributed by atoms with E-state index in [0.29, 0.717) is 47.0 Å². The van der Waals surface area contributed by atoms with E-state index in [1.807, 2.05) is 31.2 Å². The molecule has 9 heteroatoms. The highest BCUT2D eigenvalue weighted by Crippen LogP contribution is 2.34. The van der Waals surface area contributed by atoms with Gasteiger partial charge in [0.05, 0.1) is 10.9 Å². The summed E-state index contributed by atoms with van der Waals surface area (Å²) in [7, 11) is 0. The molecule has 4 aromatic rings. The zero-order valence-electron chi connectivity index (χ0n) is 16.2. The number of hydrogen-bond acceptors (Lipinski definition) is 7. The molecule has 1 aliphatic heterocycles. The van der Waals surface area contributed by atoms with Crippen LogP contribution in [0.2, 0.25) is 0 Å². The van der Waals surface area contributed by atoms with Gasteiger partial charge in [-0.15, -0.1) is 0 Å². The second-order valence-electron chi connectivity index (χ2n) is 7.12. The minimum Gasteiger partial charge on any atom is -0.454 e. The van der Waals surface area contributed by atoms with Gasteiger partial charge >= 0.3 is 5.69 Å². The first-order valence-electron chi connectivity index (χ1n) is 9.54. The summed E-state index contributed by atoms with van der Waals surface area (Å²) in [5.41, 5.74) is 1.56. The number of benzene rings is 2. The highest BCUT2D eigenvalue weighted by molar-refractivity contribution is 5.81. The lowest BCUT2D eigenvalue weighted by atomic mass is 10.1. The normalized spacial score (nSPS) is 12.6. The fraction of sp³-hybridized carbons (Fsp3) is 0.238. The van der Waals surface area contributed by atoms with Gasteiger partial charge in [0.1, 0.15) is 0 Å². The molecule has 30 heavy (non-hydrogen) atoms. The minimum absolute atomic E-state index is 0.0960. The van der Waals surface area contributed by atoms with Crippen molar-refractivity contribution < 1.29 is 14.0 Å². The van der Waals surface area contributed by atoms with Crippen LogP contribution in [0.1, 0.15) is 17.9 Å². The van der Waals surface area contributed by atoms with Gasteiger partial charge in [0.25, 0.3) is 5.56 Å². The molecule has 0 amide bonds. The summed E-state index contributed by atoms with van der Waals surface area (Å²) in [6, 6.07) is 11.0. The summed E-state index contributed by atoms with van der Waals surface area (Å²) in [5.74, 6) is 1.98. The van der Waals surface area contributed by atoms with E-state index < -0.39 is 5.69 Å². The van der Waals surface area contributed by atoms with Crippen LogP contribution in [0.5, 0.6) is 11.5 Å². The van der Waals surface area contributed by atoms with E-state index in [2.05, 4.69) is 15.1 Å². The van der Waals surface area contributed by atoms with Gasteiger partial charge in [-0.1, -0.05) is 28.9 Å². The van der Waals surface area contributed by atoms with Gasteiger partial charge in [-0.2, -0.15) is 4.98 Å². The van der Waals surface area contributed by atoms with Gasteiger partial charge in [0.2, 0.25) is 18.5 Å². The maximum absolute atomic E-state index is 12.8. The third kappa shape index (κ3) is 3.24. The van der Waals surface area contributed by atoms with Crippen molar-refractivity contribution in [3.8, 4) is 22.9 Å². The van der Waals surface area contributed by atoms with Gasteiger partial charge in [-0.05, 0) is 25.5 Å². The molecule has 0 saturated heterocycles. The molecule has 0 fully saturated rings. The number of H-pyrrole nitrogens is 1. The number of hydrogen-bond donors (Lipinski definition) is 1. The fourth-order valence-electron chi connectivity index (χ4n) is 3.49. The molecule has 2 aromatic carbocycles. The third-order valence-electron chi connectivity index (χ3n) is 4.99. The largest absolute Gasteiger partial charge is 0.454 e. The van der Waals surface area contributed by atoms with Crippen LogP contribution in [-0.2, 0) is 13.0 Å². The predicted molar refractivity (Wildman–Crippen MR) is 108 cm³/mol. The molecule has 0 saturated carbocycles. The van der Waals surface area contributed by atoms with E-state index in [1.54, 1.807) is 12.1 Å². The zero-order chi connectivity index (χ0) is 20.7. The van der Waals surface area contributed by atoms with E-state index in [0.717, 1.165) is 11.1 Å². The predicted octanol–water partition coefficient (Wildman–Crippen LogP) is 2.41. The number of aryl methyl sites for hydroxylation is 2. The quantitative estimate of drug-likeness (QED) is 0.542. The first-order chi connectivity index (χ1) is 14.6. The molecular formula is C21H18N4O5. The van der Waals surface area contributed by atoms with Crippen LogP contribution >= 0.6 is 0 Å². The first kappa shape index (κ1) is 18.2. The molecule has 152 valence electrons. The van der Waals surface area contributed by atoms with Crippen LogP contribution in [0.3, 0.4) is 0 Å². The second kappa shape index (κ2) is 7.18. The van der Waals surface area contributed by atoms with Gasteiger partial charge in [0, 0.05) is 24.6 Å². The van der Waals surface area contributed by atoms with Crippen LogP contribution in [0.25, 0.3) is 22.3 Å². The molecule has 0 bridgehead atoms. The Kier molecular flexibility index (Phi) is 4.35. The van der Waals surface area contributed by atoms with Crippen LogP contribution in [0.4, 0.5) is 0 Å². The number of aromatic nitrogens is 4. The molecule has 0 aliphatic carbocycles. The maximum Gasteiger partial charge on any atom is 0.328 e. The Morgan fingerprint density at radius 2 is 1.97 bits per heavy atom. The van der Waals surface area contributed by atoms with Crippen molar-refractivity contribution in [3.05, 3.63) is 68.7 Å². The summed E-state index contributed by atoms with van der Waals surface area (Å²) in [6.07, 6.45) is 0.943. The van der Waals surface area contributed by atoms with Crippen LogP contribution in [0.15, 0.2) is 50.5 Å². The molecule has 1 aliphatic rings. The number of aromatic amines is 1. The van der Waals surface area contributed by atoms with E-state index in [4.69, 9.17) is 14.0 Å². The molecule has 0 unspecified atom stereocenters. The van der Waals surface area contributed by atoms with Gasteiger partial charge in [-0.25, -0.2) is 4.79 Å². The minimum atomic E-state index is -0.475. The summed E-state index contributed by atoms with van der Waals surface area (Å²) in [5, 5.41) is 4.39. The molecule has 2 aromatic heterocycles. The number of nitrogens with zero attached hydrogens (tertiary/aromatic N) is 3. The van der Waals surface area contributed by atoms with E-state index >= 15 is 0 Å². The Morgan fingerprint density at radius 1 is 1.13 bits per heavy atom. The standard InChI is InChI=1S/C21H18N4O5/c1-12-4-2-5-13(8-12)19-23-18(30-24-19)6-3-7-25-20(26)14-9-16-17(29-11-28-16)10-15(14)22-21(25)27/h2,4-5,8-10H,3,6-7,11H2,1H3,(H,22,27). The van der Waals surface area contributed by atoms with Crippen molar-refractivity contribution in [2.75, 3.05) is 6.79 Å². The van der Waals surface area contributed by atoms with E-state index in [-0.39, 0.29) is 18.9 Å². The Morgan fingerprint density at radius 3 is 2.80 bits per heavy atom. The van der Waals surface area contributed by atoms with Crippen LogP contribution < -0.4 is 20.7 Å². The Balaban J connectivity index is 1.34. The monoisotopic (exact) mass is 406 g/mol. The van der Waals surface area contributed by atoms with Crippen molar-refractivity contribution in [3.63, 3.8) is 0 Å². The average Bonchev–Trinajstić information content (AvgIpc) is 3.38. The smallest absolute Gasteiger partial charge is 0.328 e. The molecular weight excluding hydrogens is 388 g/mol. The summed E-state index contributed by atoms with van der Waals surface area (Å²) in [6.45, 7) is 2.32. The first-order valence-corrected chi connectivity index (χ1v) is 9.54. The van der Waals surface area contributed by atoms with Gasteiger partial charge in [0.15, 0.2) is 11.5 Å². The molecule has 0 radical (unpaired) electrons. The lowest BCUT2D eigenvalue weighted by Crippen LogP contribution is -2.35. The molecule has 9 nitrogen and oxygen atoms in total. The number of ether oxygens (including phenoxy) is 2. The van der Waals surface area contributed by atoms with Gasteiger partial charge in [-0.3, -0.25) is 9.36 Å². The lowest BCUT2D eigenvalue weighted by molar-refractivity contribution is 0.174.